The maximum Gasteiger partial charge on any atom is 0.140 e. The van der Waals surface area contributed by atoms with Gasteiger partial charge in [-0.15, -0.1) is 0 Å². The molecule has 0 spiro atoms. The van der Waals surface area contributed by atoms with Crippen LogP contribution in [-0.2, 0) is 9.59 Å². The first-order valence-corrected chi connectivity index (χ1v) is 3.82. The SMILES string of the molecule is CC(=O)CC(=O)CC(C)(C)C. The average molecular weight is 156 g/mol. The molecular weight excluding hydrogens is 140 g/mol. The highest BCUT2D eigenvalue weighted by Crippen LogP contribution is 2.19. The molecule has 0 radical (unpaired) electrons. The molecule has 0 aromatic rings. The van der Waals surface area contributed by atoms with E-state index in [1.165, 1.54) is 6.92 Å². The molecule has 11 heavy (non-hydrogen) atoms. The minimum absolute atomic E-state index is 0.00648. The van der Waals surface area contributed by atoms with Crippen molar-refractivity contribution < 1.29 is 9.59 Å². The second kappa shape index (κ2) is 3.65. The summed E-state index contributed by atoms with van der Waals surface area (Å²) in [6, 6.07) is 0. The third kappa shape index (κ3) is 7.23. The molecule has 0 aliphatic rings. The Morgan fingerprint density at radius 2 is 1.64 bits per heavy atom. The fraction of sp³-hybridized carbons (Fsp3) is 0.778. The lowest BCUT2D eigenvalue weighted by molar-refractivity contribution is -0.126. The Balaban J connectivity index is 3.80. The summed E-state index contributed by atoms with van der Waals surface area (Å²) < 4.78 is 0. The Morgan fingerprint density at radius 3 is 1.91 bits per heavy atom. The standard InChI is InChI=1S/C9H16O2/c1-7(10)5-8(11)6-9(2,3)4/h5-6H2,1-4H3. The van der Waals surface area contributed by atoms with E-state index < -0.39 is 0 Å². The van der Waals surface area contributed by atoms with Crippen molar-refractivity contribution in [1.82, 2.24) is 0 Å². The van der Waals surface area contributed by atoms with Crippen molar-refractivity contribution >= 4 is 11.6 Å². The predicted molar refractivity (Wildman–Crippen MR) is 44.4 cm³/mol. The molecule has 0 unspecified atom stereocenters. The fourth-order valence-corrected chi connectivity index (χ4v) is 0.932. The zero-order chi connectivity index (χ0) is 9.07. The third-order valence-corrected chi connectivity index (χ3v) is 1.17. The summed E-state index contributed by atoms with van der Waals surface area (Å²) in [5, 5.41) is 0. The van der Waals surface area contributed by atoms with Gasteiger partial charge in [0.2, 0.25) is 0 Å². The molecule has 64 valence electrons. The van der Waals surface area contributed by atoms with Crippen LogP contribution in [0.1, 0.15) is 40.5 Å². The molecule has 0 rings (SSSR count). The van der Waals surface area contributed by atoms with Crippen LogP contribution in [0.2, 0.25) is 0 Å². The average Bonchev–Trinajstić information content (AvgIpc) is 1.53. The molecule has 2 heteroatoms. The van der Waals surface area contributed by atoms with Gasteiger partial charge in [0.1, 0.15) is 11.6 Å². The van der Waals surface area contributed by atoms with E-state index in [0.717, 1.165) is 0 Å². The van der Waals surface area contributed by atoms with Crippen LogP contribution in [0.25, 0.3) is 0 Å². The van der Waals surface area contributed by atoms with Gasteiger partial charge in [-0.05, 0) is 12.3 Å². The van der Waals surface area contributed by atoms with Crippen LogP contribution in [0, 0.1) is 5.41 Å². The van der Waals surface area contributed by atoms with Gasteiger partial charge in [-0.1, -0.05) is 20.8 Å². The number of Topliss-reactive ketones (excluding diaryl/α,β-unsaturated/α-hetero) is 2. The van der Waals surface area contributed by atoms with Gasteiger partial charge in [-0.25, -0.2) is 0 Å². The lowest BCUT2D eigenvalue weighted by Gasteiger charge is -2.15. The first-order valence-electron chi connectivity index (χ1n) is 3.82. The summed E-state index contributed by atoms with van der Waals surface area (Å²) in [5.74, 6) is 0.00394. The molecule has 0 heterocycles. The van der Waals surface area contributed by atoms with E-state index in [4.69, 9.17) is 0 Å². The smallest absolute Gasteiger partial charge is 0.140 e. The van der Waals surface area contributed by atoms with Gasteiger partial charge in [-0.3, -0.25) is 9.59 Å². The largest absolute Gasteiger partial charge is 0.300 e. The summed E-state index contributed by atoms with van der Waals surface area (Å²) in [6.07, 6.45) is 0.587. The van der Waals surface area contributed by atoms with Gasteiger partial charge in [0.25, 0.3) is 0 Å². The van der Waals surface area contributed by atoms with Gasteiger partial charge in [0.05, 0.1) is 6.42 Å². The molecular formula is C9H16O2. The van der Waals surface area contributed by atoms with E-state index in [1.807, 2.05) is 20.8 Å². The van der Waals surface area contributed by atoms with Crippen LogP contribution in [0.5, 0.6) is 0 Å². The van der Waals surface area contributed by atoms with Crippen molar-refractivity contribution in [3.8, 4) is 0 Å². The number of carbonyl (C=O) groups is 2. The van der Waals surface area contributed by atoms with Gasteiger partial charge in [0.15, 0.2) is 0 Å². The highest BCUT2D eigenvalue weighted by Gasteiger charge is 2.16. The molecule has 0 aliphatic heterocycles. The lowest BCUT2D eigenvalue weighted by Crippen LogP contribution is -2.14. The van der Waals surface area contributed by atoms with Crippen molar-refractivity contribution in [3.63, 3.8) is 0 Å². The molecule has 0 saturated carbocycles. The van der Waals surface area contributed by atoms with E-state index in [2.05, 4.69) is 0 Å². The van der Waals surface area contributed by atoms with Crippen molar-refractivity contribution in [3.05, 3.63) is 0 Å². The van der Waals surface area contributed by atoms with Crippen LogP contribution in [0.3, 0.4) is 0 Å². The van der Waals surface area contributed by atoms with Gasteiger partial charge < -0.3 is 0 Å². The lowest BCUT2D eigenvalue weighted by atomic mass is 9.89. The Labute approximate surface area is 68.0 Å². The van der Waals surface area contributed by atoms with Gasteiger partial charge in [0, 0.05) is 6.42 Å². The highest BCUT2D eigenvalue weighted by atomic mass is 16.1. The van der Waals surface area contributed by atoms with Crippen LogP contribution < -0.4 is 0 Å². The van der Waals surface area contributed by atoms with Crippen LogP contribution in [-0.4, -0.2) is 11.6 Å². The summed E-state index contributed by atoms with van der Waals surface area (Å²) in [4.78, 5) is 21.6. The van der Waals surface area contributed by atoms with E-state index in [0.29, 0.717) is 6.42 Å². The van der Waals surface area contributed by atoms with Crippen molar-refractivity contribution in [2.75, 3.05) is 0 Å². The molecule has 0 atom stereocenters. The summed E-state index contributed by atoms with van der Waals surface area (Å²) in [7, 11) is 0. The van der Waals surface area contributed by atoms with Crippen LogP contribution >= 0.6 is 0 Å². The number of hydrogen-bond acceptors (Lipinski definition) is 2. The van der Waals surface area contributed by atoms with Crippen molar-refractivity contribution in [2.24, 2.45) is 5.41 Å². The highest BCUT2D eigenvalue weighted by molar-refractivity contribution is 5.98. The maximum atomic E-state index is 11.0. The molecule has 0 amide bonds. The van der Waals surface area contributed by atoms with Gasteiger partial charge in [-0.2, -0.15) is 0 Å². The number of ketones is 2. The fourth-order valence-electron chi connectivity index (χ4n) is 0.932. The Bertz CT molecular complexity index is 163. The predicted octanol–water partition coefficient (Wildman–Crippen LogP) is 1.97. The second-order valence-corrected chi connectivity index (χ2v) is 4.15. The molecule has 0 bridgehead atoms. The molecule has 0 aromatic heterocycles. The van der Waals surface area contributed by atoms with Crippen molar-refractivity contribution in [2.45, 2.75) is 40.5 Å². The Kier molecular flexibility index (Phi) is 3.43. The summed E-state index contributed by atoms with van der Waals surface area (Å²) in [5.41, 5.74) is 0.00648. The number of carbonyl (C=O) groups excluding carboxylic acids is 2. The molecule has 0 saturated heterocycles. The minimum Gasteiger partial charge on any atom is -0.300 e. The number of rotatable bonds is 3. The minimum atomic E-state index is -0.0424. The first-order chi connectivity index (χ1) is 4.81. The molecule has 2 nitrogen and oxygen atoms in total. The topological polar surface area (TPSA) is 34.1 Å². The summed E-state index contributed by atoms with van der Waals surface area (Å²) in [6.45, 7) is 7.42. The van der Waals surface area contributed by atoms with Crippen LogP contribution in [0.15, 0.2) is 0 Å². The third-order valence-electron chi connectivity index (χ3n) is 1.17. The van der Waals surface area contributed by atoms with E-state index in [1.54, 1.807) is 0 Å². The molecule has 0 aliphatic carbocycles. The molecule has 0 N–H and O–H groups in total. The van der Waals surface area contributed by atoms with Gasteiger partial charge >= 0.3 is 0 Å². The van der Waals surface area contributed by atoms with E-state index in [9.17, 15) is 9.59 Å². The first kappa shape index (κ1) is 10.3. The Hall–Kier alpha value is -0.660. The zero-order valence-corrected chi connectivity index (χ0v) is 7.73. The summed E-state index contributed by atoms with van der Waals surface area (Å²) >= 11 is 0. The second-order valence-electron chi connectivity index (χ2n) is 4.15. The van der Waals surface area contributed by atoms with Crippen LogP contribution in [0.4, 0.5) is 0 Å². The van der Waals surface area contributed by atoms with Crippen molar-refractivity contribution in [1.29, 1.82) is 0 Å². The zero-order valence-electron chi connectivity index (χ0n) is 7.73. The van der Waals surface area contributed by atoms with E-state index >= 15 is 0 Å². The Morgan fingerprint density at radius 1 is 1.18 bits per heavy atom. The number of hydrogen-bond donors (Lipinski definition) is 0. The molecule has 0 aromatic carbocycles. The quantitative estimate of drug-likeness (QED) is 0.585. The normalized spacial score (nSPS) is 11.3. The van der Waals surface area contributed by atoms with E-state index in [-0.39, 0.29) is 23.4 Å². The monoisotopic (exact) mass is 156 g/mol. The molecule has 0 fully saturated rings. The maximum absolute atomic E-state index is 11.0.